The molecule has 1 heterocycles. The minimum absolute atomic E-state index is 0.387. The Hall–Kier alpha value is -2.67. The molecule has 9 nitrogen and oxygen atoms in total. The Morgan fingerprint density at radius 3 is 1.80 bits per heavy atom. The van der Waals surface area contributed by atoms with Crippen molar-refractivity contribution in [3.05, 3.63) is 30.3 Å². The Labute approximate surface area is 174 Å². The van der Waals surface area contributed by atoms with Crippen molar-refractivity contribution in [3.8, 4) is 0 Å². The average molecular weight is 439 g/mol. The first-order valence-corrected chi connectivity index (χ1v) is 11.3. The molecule has 1 aliphatic heterocycles. The summed E-state index contributed by atoms with van der Waals surface area (Å²) < 4.78 is 30.8. The van der Waals surface area contributed by atoms with Gasteiger partial charge in [-0.2, -0.15) is 0 Å². The van der Waals surface area contributed by atoms with Crippen LogP contribution in [0.5, 0.6) is 0 Å². The van der Waals surface area contributed by atoms with Gasteiger partial charge in [-0.3, -0.25) is 19.2 Å². The molecule has 10 heteroatoms. The van der Waals surface area contributed by atoms with Crippen molar-refractivity contribution in [3.63, 3.8) is 0 Å². The van der Waals surface area contributed by atoms with Gasteiger partial charge in [-0.05, 0) is 0 Å². The molecule has 1 fully saturated rings. The fourth-order valence-electron chi connectivity index (χ4n) is 3.77. The number of nitrogens with one attached hydrogen (secondary N) is 1. The van der Waals surface area contributed by atoms with E-state index >= 15 is 0 Å². The van der Waals surface area contributed by atoms with Crippen molar-refractivity contribution in [2.75, 3.05) is 0 Å². The van der Waals surface area contributed by atoms with Crippen molar-refractivity contribution in [2.45, 2.75) is 64.4 Å². The standard InChI is InChI=1S/C20H26NO8P/c1-11-18(27-13(3)23)19(28-14(4)24)17(21-12(2)22)20(29-15(5)25)30(11,26)16-9-7-6-8-10-16/h6-11,17-20H,1-5H3,(H,21,22)/t11-,17+,18-,19+,20+,30+/m1/s1. The lowest BCUT2D eigenvalue weighted by Crippen LogP contribution is -2.64. The molecule has 0 unspecified atom stereocenters. The van der Waals surface area contributed by atoms with Gasteiger partial charge < -0.3 is 24.1 Å². The lowest BCUT2D eigenvalue weighted by atomic mass is 10.0. The molecule has 0 aliphatic carbocycles. The fourth-order valence-corrected chi connectivity index (χ4v) is 7.33. The van der Waals surface area contributed by atoms with E-state index in [-0.39, 0.29) is 0 Å². The predicted octanol–water partition coefficient (Wildman–Crippen LogP) is 1.33. The summed E-state index contributed by atoms with van der Waals surface area (Å²) in [6, 6.07) is 7.15. The summed E-state index contributed by atoms with van der Waals surface area (Å²) in [5.74, 6) is -3.93. The van der Waals surface area contributed by atoms with E-state index in [0.717, 1.165) is 13.8 Å². The fraction of sp³-hybridized carbons (Fsp3) is 0.500. The Kier molecular flexibility index (Phi) is 7.42. The number of hydrogen-bond donors (Lipinski definition) is 1. The van der Waals surface area contributed by atoms with Gasteiger partial charge in [0.1, 0.15) is 6.04 Å². The molecule has 30 heavy (non-hydrogen) atoms. The SMILES string of the molecule is CC(=O)N[C@H]1[C@H](OC(C)=O)[C@H](OC(C)=O)[C@@H](C)[P@](=O)(c2ccccc2)[C@@H]1OC(C)=O. The van der Waals surface area contributed by atoms with Gasteiger partial charge in [-0.25, -0.2) is 0 Å². The number of rotatable bonds is 5. The first-order chi connectivity index (χ1) is 14.0. The number of ether oxygens (including phenoxy) is 3. The number of esters is 3. The van der Waals surface area contributed by atoms with E-state index < -0.39 is 60.7 Å². The number of hydrogen-bond acceptors (Lipinski definition) is 8. The number of carbonyl (C=O) groups excluding carboxylic acids is 4. The Morgan fingerprint density at radius 2 is 1.33 bits per heavy atom. The second-order valence-electron chi connectivity index (χ2n) is 7.16. The maximum atomic E-state index is 14.5. The summed E-state index contributed by atoms with van der Waals surface area (Å²) in [5, 5.41) is 2.97. The van der Waals surface area contributed by atoms with Crippen LogP contribution in [0.15, 0.2) is 30.3 Å². The van der Waals surface area contributed by atoms with Crippen LogP contribution < -0.4 is 10.6 Å². The summed E-state index contributed by atoms with van der Waals surface area (Å²) in [4.78, 5) is 47.4. The van der Waals surface area contributed by atoms with Crippen LogP contribution in [0.25, 0.3) is 0 Å². The van der Waals surface area contributed by atoms with Gasteiger partial charge in [0.2, 0.25) is 5.91 Å². The van der Waals surface area contributed by atoms with E-state index in [9.17, 15) is 23.7 Å². The first-order valence-electron chi connectivity index (χ1n) is 9.42. The summed E-state index contributed by atoms with van der Waals surface area (Å²) in [5.41, 5.74) is -0.873. The number of amides is 1. The van der Waals surface area contributed by atoms with Crippen molar-refractivity contribution < 1.29 is 38.0 Å². The molecule has 1 saturated heterocycles. The van der Waals surface area contributed by atoms with Gasteiger partial charge in [0.15, 0.2) is 25.2 Å². The van der Waals surface area contributed by atoms with Crippen LogP contribution in [0.2, 0.25) is 0 Å². The Balaban J connectivity index is 2.74. The number of carbonyl (C=O) groups is 4. The molecule has 1 amide bonds. The van der Waals surface area contributed by atoms with Gasteiger partial charge in [-0.1, -0.05) is 37.3 Å². The normalized spacial score (nSPS) is 30.6. The lowest BCUT2D eigenvalue weighted by molar-refractivity contribution is -0.174. The minimum Gasteiger partial charge on any atom is -0.458 e. The zero-order chi connectivity index (χ0) is 22.6. The van der Waals surface area contributed by atoms with Crippen LogP contribution in [-0.4, -0.2) is 53.6 Å². The Bertz CT molecular complexity index is 871. The molecule has 0 radical (unpaired) electrons. The average Bonchev–Trinajstić information content (AvgIpc) is 2.65. The van der Waals surface area contributed by atoms with E-state index in [1.807, 2.05) is 0 Å². The molecule has 1 N–H and O–H groups in total. The maximum Gasteiger partial charge on any atom is 0.303 e. The van der Waals surface area contributed by atoms with Gasteiger partial charge in [-0.15, -0.1) is 0 Å². The van der Waals surface area contributed by atoms with Gasteiger partial charge in [0, 0.05) is 33.0 Å². The van der Waals surface area contributed by atoms with E-state index in [0.29, 0.717) is 5.30 Å². The molecule has 0 spiro atoms. The van der Waals surface area contributed by atoms with Crippen LogP contribution >= 0.6 is 7.14 Å². The molecular weight excluding hydrogens is 413 g/mol. The van der Waals surface area contributed by atoms with E-state index in [1.54, 1.807) is 37.3 Å². The second kappa shape index (κ2) is 9.43. The molecule has 0 aromatic heterocycles. The summed E-state index contributed by atoms with van der Waals surface area (Å²) in [6.45, 7) is 6.30. The van der Waals surface area contributed by atoms with E-state index in [2.05, 4.69) is 5.32 Å². The zero-order valence-electron chi connectivity index (χ0n) is 17.5. The summed E-state index contributed by atoms with van der Waals surface area (Å²) in [6.07, 6.45) is -2.35. The number of benzene rings is 1. The summed E-state index contributed by atoms with van der Waals surface area (Å²) >= 11 is 0. The predicted molar refractivity (Wildman–Crippen MR) is 107 cm³/mol. The zero-order valence-corrected chi connectivity index (χ0v) is 18.4. The van der Waals surface area contributed by atoms with Crippen molar-refractivity contribution in [2.24, 2.45) is 0 Å². The van der Waals surface area contributed by atoms with Gasteiger partial charge >= 0.3 is 17.9 Å². The third kappa shape index (κ3) is 4.90. The van der Waals surface area contributed by atoms with Crippen molar-refractivity contribution in [1.82, 2.24) is 5.32 Å². The second-order valence-corrected chi connectivity index (χ2v) is 10.4. The minimum atomic E-state index is -3.65. The maximum absolute atomic E-state index is 14.5. The summed E-state index contributed by atoms with van der Waals surface area (Å²) in [7, 11) is -3.65. The molecular formula is C20H26NO8P. The largest absolute Gasteiger partial charge is 0.458 e. The van der Waals surface area contributed by atoms with Gasteiger partial charge in [0.05, 0.1) is 5.66 Å². The highest BCUT2D eigenvalue weighted by Crippen LogP contribution is 2.61. The molecule has 164 valence electrons. The van der Waals surface area contributed by atoms with E-state index in [1.165, 1.54) is 13.8 Å². The van der Waals surface area contributed by atoms with Crippen LogP contribution in [0.1, 0.15) is 34.6 Å². The van der Waals surface area contributed by atoms with Gasteiger partial charge in [0.25, 0.3) is 0 Å². The molecule has 1 aromatic rings. The first kappa shape index (κ1) is 23.6. The molecule has 1 aromatic carbocycles. The third-order valence-electron chi connectivity index (χ3n) is 4.86. The topological polar surface area (TPSA) is 125 Å². The molecule has 2 rings (SSSR count). The highest BCUT2D eigenvalue weighted by Gasteiger charge is 2.61. The highest BCUT2D eigenvalue weighted by molar-refractivity contribution is 7.73. The van der Waals surface area contributed by atoms with Crippen molar-refractivity contribution in [1.29, 1.82) is 0 Å². The smallest absolute Gasteiger partial charge is 0.303 e. The van der Waals surface area contributed by atoms with Crippen LogP contribution in [0, 0.1) is 0 Å². The molecule has 0 saturated carbocycles. The monoisotopic (exact) mass is 439 g/mol. The molecule has 6 atom stereocenters. The van der Waals surface area contributed by atoms with Crippen LogP contribution in [0.3, 0.4) is 0 Å². The van der Waals surface area contributed by atoms with Crippen LogP contribution in [-0.2, 0) is 38.0 Å². The quantitative estimate of drug-likeness (QED) is 0.414. The highest BCUT2D eigenvalue weighted by atomic mass is 31.2. The molecule has 1 aliphatic rings. The van der Waals surface area contributed by atoms with Crippen LogP contribution in [0.4, 0.5) is 0 Å². The van der Waals surface area contributed by atoms with Crippen molar-refractivity contribution >= 4 is 36.3 Å². The van der Waals surface area contributed by atoms with E-state index in [4.69, 9.17) is 14.2 Å². The molecule has 0 bridgehead atoms. The third-order valence-corrected chi connectivity index (χ3v) is 8.66. The Morgan fingerprint density at radius 1 is 0.833 bits per heavy atom. The lowest BCUT2D eigenvalue weighted by Gasteiger charge is -2.48.